The monoisotopic (exact) mass is 216 g/mol. The van der Waals surface area contributed by atoms with Crippen molar-refractivity contribution in [2.45, 2.75) is 6.18 Å². The van der Waals surface area contributed by atoms with Gasteiger partial charge in [0.15, 0.2) is 0 Å². The SMILES string of the molecule is N#Cc1cc(C(F)(F)F)c(B(O)O)cn1. The van der Waals surface area contributed by atoms with Crippen molar-refractivity contribution in [3.63, 3.8) is 0 Å². The number of nitriles is 1. The van der Waals surface area contributed by atoms with Gasteiger partial charge in [-0.15, -0.1) is 0 Å². The van der Waals surface area contributed by atoms with Gasteiger partial charge in [-0.25, -0.2) is 4.98 Å². The Morgan fingerprint density at radius 3 is 2.40 bits per heavy atom. The molecule has 0 aliphatic heterocycles. The van der Waals surface area contributed by atoms with E-state index in [1.165, 1.54) is 6.07 Å². The number of nitrogens with zero attached hydrogens (tertiary/aromatic N) is 2. The number of aromatic nitrogens is 1. The Morgan fingerprint density at radius 2 is 2.00 bits per heavy atom. The molecule has 0 unspecified atom stereocenters. The second-order valence-corrected chi connectivity index (χ2v) is 2.64. The van der Waals surface area contributed by atoms with Crippen LogP contribution >= 0.6 is 0 Å². The first-order valence-corrected chi connectivity index (χ1v) is 3.69. The molecular formula is C7H4BF3N2O2. The van der Waals surface area contributed by atoms with Crippen molar-refractivity contribution in [3.8, 4) is 6.07 Å². The zero-order valence-corrected chi connectivity index (χ0v) is 7.15. The van der Waals surface area contributed by atoms with Gasteiger partial charge in [-0.05, 0) is 6.07 Å². The smallest absolute Gasteiger partial charge is 0.423 e. The molecule has 1 aromatic heterocycles. The first-order chi connectivity index (χ1) is 6.86. The van der Waals surface area contributed by atoms with Gasteiger partial charge in [-0.3, -0.25) is 0 Å². The number of pyridine rings is 1. The average molecular weight is 216 g/mol. The zero-order valence-electron chi connectivity index (χ0n) is 7.15. The molecule has 78 valence electrons. The van der Waals surface area contributed by atoms with Gasteiger partial charge in [0.25, 0.3) is 0 Å². The van der Waals surface area contributed by atoms with E-state index in [-0.39, 0.29) is 0 Å². The molecule has 8 heteroatoms. The predicted octanol–water partition coefficient (Wildman–Crippen LogP) is -0.348. The molecule has 0 aromatic carbocycles. The molecule has 0 radical (unpaired) electrons. The molecule has 4 nitrogen and oxygen atoms in total. The van der Waals surface area contributed by atoms with Crippen molar-refractivity contribution < 1.29 is 23.2 Å². The largest absolute Gasteiger partial charge is 0.490 e. The summed E-state index contributed by atoms with van der Waals surface area (Å²) in [5, 5.41) is 25.7. The molecule has 0 atom stereocenters. The van der Waals surface area contributed by atoms with Crippen LogP contribution < -0.4 is 5.46 Å². The highest BCUT2D eigenvalue weighted by atomic mass is 19.4. The van der Waals surface area contributed by atoms with E-state index in [2.05, 4.69) is 4.98 Å². The van der Waals surface area contributed by atoms with E-state index in [1.807, 2.05) is 0 Å². The highest BCUT2D eigenvalue weighted by molar-refractivity contribution is 6.59. The van der Waals surface area contributed by atoms with Gasteiger partial charge in [0.2, 0.25) is 0 Å². The fourth-order valence-corrected chi connectivity index (χ4v) is 0.978. The minimum absolute atomic E-state index is 0.438. The van der Waals surface area contributed by atoms with E-state index in [0.717, 1.165) is 0 Å². The van der Waals surface area contributed by atoms with Crippen LogP contribution in [0.1, 0.15) is 11.3 Å². The maximum atomic E-state index is 12.4. The maximum Gasteiger partial charge on any atom is 0.490 e. The van der Waals surface area contributed by atoms with Crippen molar-refractivity contribution in [2.75, 3.05) is 0 Å². The lowest BCUT2D eigenvalue weighted by Crippen LogP contribution is -2.36. The molecule has 0 fully saturated rings. The summed E-state index contributed by atoms with van der Waals surface area (Å²) < 4.78 is 37.1. The average Bonchev–Trinajstić information content (AvgIpc) is 2.15. The fraction of sp³-hybridized carbons (Fsp3) is 0.143. The van der Waals surface area contributed by atoms with Crippen LogP contribution in [0.5, 0.6) is 0 Å². The van der Waals surface area contributed by atoms with Gasteiger partial charge in [0, 0.05) is 11.7 Å². The maximum absolute atomic E-state index is 12.4. The third kappa shape index (κ3) is 2.46. The molecule has 0 spiro atoms. The van der Waals surface area contributed by atoms with Crippen molar-refractivity contribution >= 4 is 12.6 Å². The van der Waals surface area contributed by atoms with E-state index >= 15 is 0 Å². The molecule has 0 bridgehead atoms. The minimum Gasteiger partial charge on any atom is -0.423 e. The molecule has 0 amide bonds. The molecule has 1 heterocycles. The quantitative estimate of drug-likeness (QED) is 0.629. The molecule has 1 rings (SSSR count). The standard InChI is InChI=1S/C7H4BF3N2O2/c9-7(10,11)5-1-4(2-12)13-3-6(5)8(14)15/h1,3,14-15H. The summed E-state index contributed by atoms with van der Waals surface area (Å²) in [5.74, 6) is 0. The summed E-state index contributed by atoms with van der Waals surface area (Å²) in [6.45, 7) is 0. The molecule has 0 saturated heterocycles. The summed E-state index contributed by atoms with van der Waals surface area (Å²) in [5.41, 5.74) is -2.49. The Balaban J connectivity index is 3.37. The molecule has 15 heavy (non-hydrogen) atoms. The number of hydrogen-bond donors (Lipinski definition) is 2. The lowest BCUT2D eigenvalue weighted by Gasteiger charge is -2.11. The Kier molecular flexibility index (Phi) is 2.97. The third-order valence-corrected chi connectivity index (χ3v) is 1.63. The Labute approximate surface area is 82.8 Å². The second kappa shape index (κ2) is 3.88. The lowest BCUT2D eigenvalue weighted by atomic mass is 9.78. The fourth-order valence-electron chi connectivity index (χ4n) is 0.978. The van der Waals surface area contributed by atoms with Crippen molar-refractivity contribution in [2.24, 2.45) is 0 Å². The van der Waals surface area contributed by atoms with Gasteiger partial charge in [-0.2, -0.15) is 18.4 Å². The van der Waals surface area contributed by atoms with Crippen LogP contribution in [-0.2, 0) is 6.18 Å². The van der Waals surface area contributed by atoms with Crippen LogP contribution in [-0.4, -0.2) is 22.2 Å². The predicted molar refractivity (Wildman–Crippen MR) is 43.8 cm³/mol. The molecule has 2 N–H and O–H groups in total. The number of halogens is 3. The van der Waals surface area contributed by atoms with Crippen molar-refractivity contribution in [1.82, 2.24) is 4.98 Å². The highest BCUT2D eigenvalue weighted by Gasteiger charge is 2.36. The Bertz CT molecular complexity index is 414. The first-order valence-electron chi connectivity index (χ1n) is 3.69. The third-order valence-electron chi connectivity index (χ3n) is 1.63. The summed E-state index contributed by atoms with van der Waals surface area (Å²) in [4.78, 5) is 3.31. The number of alkyl halides is 3. The topological polar surface area (TPSA) is 77.1 Å². The lowest BCUT2D eigenvalue weighted by molar-refractivity contribution is -0.136. The molecule has 0 aliphatic carbocycles. The van der Waals surface area contributed by atoms with Gasteiger partial charge in [-0.1, -0.05) is 0 Å². The van der Waals surface area contributed by atoms with Crippen molar-refractivity contribution in [1.29, 1.82) is 5.26 Å². The number of rotatable bonds is 1. The van der Waals surface area contributed by atoms with Crippen LogP contribution in [0.2, 0.25) is 0 Å². The van der Waals surface area contributed by atoms with Gasteiger partial charge < -0.3 is 10.0 Å². The van der Waals surface area contributed by atoms with E-state index < -0.39 is 30.0 Å². The summed E-state index contributed by atoms with van der Waals surface area (Å²) >= 11 is 0. The zero-order chi connectivity index (χ0) is 11.6. The summed E-state index contributed by atoms with van der Waals surface area (Å²) in [7, 11) is -2.28. The summed E-state index contributed by atoms with van der Waals surface area (Å²) in [6, 6.07) is 1.90. The normalized spacial score (nSPS) is 10.9. The van der Waals surface area contributed by atoms with Crippen LogP contribution in [0.15, 0.2) is 12.3 Å². The highest BCUT2D eigenvalue weighted by Crippen LogP contribution is 2.28. The Hall–Kier alpha value is -1.59. The number of hydrogen-bond acceptors (Lipinski definition) is 4. The van der Waals surface area contributed by atoms with E-state index in [9.17, 15) is 13.2 Å². The van der Waals surface area contributed by atoms with Gasteiger partial charge >= 0.3 is 13.3 Å². The van der Waals surface area contributed by atoms with E-state index in [1.54, 1.807) is 0 Å². The van der Waals surface area contributed by atoms with Gasteiger partial charge in [0.1, 0.15) is 11.8 Å². The first kappa shape index (κ1) is 11.5. The van der Waals surface area contributed by atoms with Gasteiger partial charge in [0.05, 0.1) is 5.56 Å². The van der Waals surface area contributed by atoms with Crippen LogP contribution in [0.4, 0.5) is 13.2 Å². The second-order valence-electron chi connectivity index (χ2n) is 2.64. The van der Waals surface area contributed by atoms with Crippen LogP contribution in [0, 0.1) is 11.3 Å². The summed E-state index contributed by atoms with van der Waals surface area (Å²) in [6.07, 6.45) is -4.14. The van der Waals surface area contributed by atoms with Crippen LogP contribution in [0.3, 0.4) is 0 Å². The minimum atomic E-state index is -4.76. The van der Waals surface area contributed by atoms with Crippen LogP contribution in [0.25, 0.3) is 0 Å². The van der Waals surface area contributed by atoms with E-state index in [4.69, 9.17) is 15.3 Å². The molecular weight excluding hydrogens is 212 g/mol. The molecule has 0 aliphatic rings. The van der Waals surface area contributed by atoms with E-state index in [0.29, 0.717) is 12.3 Å². The Morgan fingerprint density at radius 1 is 1.40 bits per heavy atom. The molecule has 1 aromatic rings. The molecule has 0 saturated carbocycles. The van der Waals surface area contributed by atoms with Crippen molar-refractivity contribution in [3.05, 3.63) is 23.5 Å².